The minimum Gasteiger partial charge on any atom is -0.493 e. The van der Waals surface area contributed by atoms with Crippen molar-refractivity contribution in [3.8, 4) is 11.5 Å². The third-order valence-corrected chi connectivity index (χ3v) is 3.02. The molecule has 0 saturated carbocycles. The molecule has 0 aliphatic rings. The molecule has 114 valence electrons. The average molecular weight is 299 g/mol. The number of hydrogen-bond donors (Lipinski definition) is 1. The molecule has 0 aliphatic carbocycles. The van der Waals surface area contributed by atoms with Crippen LogP contribution in [-0.2, 0) is 11.3 Å². The number of nitrogens with one attached hydrogen (secondary N) is 1. The molecule has 1 amide bonds. The highest BCUT2D eigenvalue weighted by Crippen LogP contribution is 2.27. The number of amides is 1. The van der Waals surface area contributed by atoms with E-state index < -0.39 is 0 Å². The van der Waals surface area contributed by atoms with Crippen LogP contribution in [0.4, 0.5) is 0 Å². The molecule has 0 spiro atoms. The molecule has 0 atom stereocenters. The van der Waals surface area contributed by atoms with Gasteiger partial charge in [-0.1, -0.05) is 30.3 Å². The summed E-state index contributed by atoms with van der Waals surface area (Å²) < 4.78 is 10.6. The molecular weight excluding hydrogens is 282 g/mol. The monoisotopic (exact) mass is 299 g/mol. The second-order valence-electron chi connectivity index (χ2n) is 4.58. The van der Waals surface area contributed by atoms with Gasteiger partial charge in [0.2, 0.25) is 0 Å². The number of ether oxygens (including phenoxy) is 2. The maximum atomic E-state index is 11.8. The summed E-state index contributed by atoms with van der Waals surface area (Å²) in [5.74, 6) is 0.605. The van der Waals surface area contributed by atoms with Crippen molar-refractivity contribution in [3.05, 3.63) is 59.7 Å². The molecule has 2 aromatic rings. The van der Waals surface area contributed by atoms with Gasteiger partial charge >= 0.3 is 0 Å². The van der Waals surface area contributed by atoms with Crippen molar-refractivity contribution in [2.75, 3.05) is 13.7 Å². The van der Waals surface area contributed by atoms with E-state index in [1.807, 2.05) is 30.3 Å². The van der Waals surface area contributed by atoms with Gasteiger partial charge < -0.3 is 14.8 Å². The average Bonchev–Trinajstić information content (AvgIpc) is 2.58. The summed E-state index contributed by atoms with van der Waals surface area (Å²) in [5.41, 5.74) is 1.50. The lowest BCUT2D eigenvalue weighted by molar-refractivity contribution is -0.123. The fourth-order valence-corrected chi connectivity index (χ4v) is 1.87. The minimum absolute atomic E-state index is 0.121. The van der Waals surface area contributed by atoms with E-state index in [0.717, 1.165) is 11.8 Å². The molecule has 0 unspecified atom stereocenters. The lowest BCUT2D eigenvalue weighted by atomic mass is 10.2. The molecule has 22 heavy (non-hydrogen) atoms. The molecule has 0 aromatic heterocycles. The van der Waals surface area contributed by atoms with Gasteiger partial charge in [-0.05, 0) is 23.8 Å². The fraction of sp³-hybridized carbons (Fsp3) is 0.176. The van der Waals surface area contributed by atoms with Gasteiger partial charge in [-0.2, -0.15) is 0 Å². The van der Waals surface area contributed by atoms with Gasteiger partial charge in [-0.15, -0.1) is 0 Å². The number of hydrogen-bond acceptors (Lipinski definition) is 4. The zero-order chi connectivity index (χ0) is 15.8. The summed E-state index contributed by atoms with van der Waals surface area (Å²) in [4.78, 5) is 22.5. The lowest BCUT2D eigenvalue weighted by Gasteiger charge is -2.11. The minimum atomic E-state index is -0.231. The first-order valence-electron chi connectivity index (χ1n) is 6.79. The Bertz CT molecular complexity index is 640. The van der Waals surface area contributed by atoms with Crippen molar-refractivity contribution < 1.29 is 19.1 Å². The van der Waals surface area contributed by atoms with Crippen molar-refractivity contribution in [2.24, 2.45) is 0 Å². The van der Waals surface area contributed by atoms with Crippen LogP contribution in [0, 0.1) is 0 Å². The molecular formula is C17H17NO4. The molecule has 5 nitrogen and oxygen atoms in total. The first-order chi connectivity index (χ1) is 10.7. The van der Waals surface area contributed by atoms with Crippen LogP contribution >= 0.6 is 0 Å². The van der Waals surface area contributed by atoms with E-state index in [0.29, 0.717) is 23.6 Å². The van der Waals surface area contributed by atoms with Crippen LogP contribution in [0.5, 0.6) is 11.5 Å². The molecule has 0 bridgehead atoms. The Morgan fingerprint density at radius 1 is 1.14 bits per heavy atom. The Morgan fingerprint density at radius 2 is 1.91 bits per heavy atom. The van der Waals surface area contributed by atoms with Crippen LogP contribution in [-0.4, -0.2) is 25.9 Å². The van der Waals surface area contributed by atoms with E-state index in [1.165, 1.54) is 7.11 Å². The summed E-state index contributed by atoms with van der Waals surface area (Å²) in [5, 5.41) is 2.77. The summed E-state index contributed by atoms with van der Waals surface area (Å²) >= 11 is 0. The fourth-order valence-electron chi connectivity index (χ4n) is 1.87. The van der Waals surface area contributed by atoms with Crippen molar-refractivity contribution >= 4 is 12.2 Å². The Kier molecular flexibility index (Phi) is 5.54. The standard InChI is InChI=1S/C17H17NO4/c1-21-16-9-14(11-19)7-8-15(16)22-12-17(20)18-10-13-5-3-2-4-6-13/h2-9,11H,10,12H2,1H3,(H,18,20). The number of rotatable bonds is 7. The molecule has 2 aromatic carbocycles. The normalized spacial score (nSPS) is 9.86. The quantitative estimate of drug-likeness (QED) is 0.796. The zero-order valence-corrected chi connectivity index (χ0v) is 12.2. The maximum absolute atomic E-state index is 11.8. The highest BCUT2D eigenvalue weighted by atomic mass is 16.5. The lowest BCUT2D eigenvalue weighted by Crippen LogP contribution is -2.28. The van der Waals surface area contributed by atoms with Crippen LogP contribution in [0.3, 0.4) is 0 Å². The van der Waals surface area contributed by atoms with E-state index in [4.69, 9.17) is 9.47 Å². The number of carbonyl (C=O) groups is 2. The van der Waals surface area contributed by atoms with E-state index in [1.54, 1.807) is 18.2 Å². The van der Waals surface area contributed by atoms with Crippen molar-refractivity contribution in [2.45, 2.75) is 6.54 Å². The third kappa shape index (κ3) is 4.34. The molecule has 5 heteroatoms. The zero-order valence-electron chi connectivity index (χ0n) is 12.2. The summed E-state index contributed by atoms with van der Waals surface area (Å²) in [6.07, 6.45) is 0.721. The first-order valence-corrected chi connectivity index (χ1v) is 6.79. The third-order valence-electron chi connectivity index (χ3n) is 3.02. The van der Waals surface area contributed by atoms with Crippen LogP contribution in [0.15, 0.2) is 48.5 Å². The topological polar surface area (TPSA) is 64.6 Å². The number of carbonyl (C=O) groups excluding carboxylic acids is 2. The van der Waals surface area contributed by atoms with Gasteiger partial charge in [-0.25, -0.2) is 0 Å². The van der Waals surface area contributed by atoms with Crippen molar-refractivity contribution in [1.82, 2.24) is 5.32 Å². The smallest absolute Gasteiger partial charge is 0.258 e. The van der Waals surface area contributed by atoms with Gasteiger partial charge in [-0.3, -0.25) is 9.59 Å². The summed E-state index contributed by atoms with van der Waals surface area (Å²) in [6, 6.07) is 14.4. The number of benzene rings is 2. The van der Waals surface area contributed by atoms with Gasteiger partial charge in [0.1, 0.15) is 6.29 Å². The van der Waals surface area contributed by atoms with Gasteiger partial charge in [0.15, 0.2) is 18.1 Å². The van der Waals surface area contributed by atoms with Crippen molar-refractivity contribution in [3.63, 3.8) is 0 Å². The van der Waals surface area contributed by atoms with Crippen LogP contribution in [0.25, 0.3) is 0 Å². The van der Waals surface area contributed by atoms with E-state index >= 15 is 0 Å². The number of methoxy groups -OCH3 is 1. The molecule has 2 rings (SSSR count). The maximum Gasteiger partial charge on any atom is 0.258 e. The summed E-state index contributed by atoms with van der Waals surface area (Å²) in [7, 11) is 1.48. The molecule has 0 radical (unpaired) electrons. The second kappa shape index (κ2) is 7.83. The Morgan fingerprint density at radius 3 is 2.59 bits per heavy atom. The highest BCUT2D eigenvalue weighted by molar-refractivity contribution is 5.78. The van der Waals surface area contributed by atoms with E-state index in [-0.39, 0.29) is 12.5 Å². The van der Waals surface area contributed by atoms with Gasteiger partial charge in [0, 0.05) is 12.1 Å². The van der Waals surface area contributed by atoms with Crippen LogP contribution in [0.2, 0.25) is 0 Å². The second-order valence-corrected chi connectivity index (χ2v) is 4.58. The Hall–Kier alpha value is -2.82. The van der Waals surface area contributed by atoms with Gasteiger partial charge in [0.05, 0.1) is 7.11 Å². The first kappa shape index (κ1) is 15.6. The predicted octanol–water partition coefficient (Wildman–Crippen LogP) is 2.20. The number of aldehydes is 1. The molecule has 0 aliphatic heterocycles. The summed E-state index contributed by atoms with van der Waals surface area (Å²) in [6.45, 7) is 0.327. The SMILES string of the molecule is COc1cc(C=O)ccc1OCC(=O)NCc1ccccc1. The van der Waals surface area contributed by atoms with Crippen LogP contribution < -0.4 is 14.8 Å². The molecule has 1 N–H and O–H groups in total. The highest BCUT2D eigenvalue weighted by Gasteiger charge is 2.08. The van der Waals surface area contributed by atoms with Gasteiger partial charge in [0.25, 0.3) is 5.91 Å². The van der Waals surface area contributed by atoms with E-state index in [2.05, 4.69) is 5.32 Å². The Labute approximate surface area is 128 Å². The van der Waals surface area contributed by atoms with E-state index in [9.17, 15) is 9.59 Å². The Balaban J connectivity index is 1.87. The molecule has 0 heterocycles. The largest absolute Gasteiger partial charge is 0.493 e. The van der Waals surface area contributed by atoms with Crippen molar-refractivity contribution in [1.29, 1.82) is 0 Å². The molecule has 0 saturated heterocycles. The van der Waals surface area contributed by atoms with Crippen LogP contribution in [0.1, 0.15) is 15.9 Å². The predicted molar refractivity (Wildman–Crippen MR) is 82.2 cm³/mol. The molecule has 0 fully saturated rings.